The van der Waals surface area contributed by atoms with Gasteiger partial charge in [-0.15, -0.1) is 12.4 Å². The minimum absolute atomic E-state index is 0. The molecule has 0 saturated carbocycles. The summed E-state index contributed by atoms with van der Waals surface area (Å²) in [6.45, 7) is 2.35. The van der Waals surface area contributed by atoms with Crippen molar-refractivity contribution in [3.05, 3.63) is 65.2 Å². The Kier molecular flexibility index (Phi) is 6.19. The molecule has 0 radical (unpaired) electrons. The molecule has 0 bridgehead atoms. The highest BCUT2D eigenvalue weighted by atomic mass is 35.5. The van der Waals surface area contributed by atoms with Crippen LogP contribution in [0.25, 0.3) is 6.08 Å². The number of hydrogen-bond donors (Lipinski definition) is 1. The average Bonchev–Trinajstić information content (AvgIpc) is 3.16. The van der Waals surface area contributed by atoms with Gasteiger partial charge in [0.15, 0.2) is 0 Å². The van der Waals surface area contributed by atoms with Gasteiger partial charge in [0, 0.05) is 29.9 Å². The third-order valence-corrected chi connectivity index (χ3v) is 5.36. The second-order valence-corrected chi connectivity index (χ2v) is 6.92. The maximum Gasteiger partial charge on any atom is 0.248 e. The molecule has 1 unspecified atom stereocenters. The topological polar surface area (TPSA) is 41.6 Å². The number of carbonyl (C=O) groups is 1. The van der Waals surface area contributed by atoms with Crippen molar-refractivity contribution in [1.29, 1.82) is 0 Å². The molecular weight excluding hydrogens is 360 g/mol. The summed E-state index contributed by atoms with van der Waals surface area (Å²) in [5.41, 5.74) is 4.57. The first kappa shape index (κ1) is 19.5. The summed E-state index contributed by atoms with van der Waals surface area (Å²) < 4.78 is 5.31. The number of amides is 1. The molecule has 2 heterocycles. The Labute approximate surface area is 166 Å². The first-order valence-electron chi connectivity index (χ1n) is 9.23. The Balaban J connectivity index is 0.00000210. The molecule has 2 aliphatic heterocycles. The number of nitrogens with zero attached hydrogens (tertiary/aromatic N) is 1. The van der Waals surface area contributed by atoms with Crippen molar-refractivity contribution in [3.63, 3.8) is 0 Å². The van der Waals surface area contributed by atoms with Crippen LogP contribution in [0.15, 0.2) is 48.5 Å². The van der Waals surface area contributed by atoms with Crippen LogP contribution in [0.3, 0.4) is 0 Å². The third-order valence-electron chi connectivity index (χ3n) is 5.36. The smallest absolute Gasteiger partial charge is 0.248 e. The van der Waals surface area contributed by atoms with E-state index in [1.54, 1.807) is 19.3 Å². The van der Waals surface area contributed by atoms with Crippen molar-refractivity contribution >= 4 is 30.1 Å². The van der Waals surface area contributed by atoms with Gasteiger partial charge in [0.05, 0.1) is 7.11 Å². The summed E-state index contributed by atoms with van der Waals surface area (Å²) in [7, 11) is 1.63. The number of hydrogen-bond acceptors (Lipinski definition) is 3. The van der Waals surface area contributed by atoms with Crippen LogP contribution in [0.4, 0.5) is 5.69 Å². The molecule has 0 aromatic heterocycles. The highest BCUT2D eigenvalue weighted by Crippen LogP contribution is 2.38. The van der Waals surface area contributed by atoms with Crippen LogP contribution in [-0.4, -0.2) is 31.0 Å². The second-order valence-electron chi connectivity index (χ2n) is 6.92. The Hall–Kier alpha value is -2.30. The van der Waals surface area contributed by atoms with E-state index in [1.165, 1.54) is 30.5 Å². The summed E-state index contributed by atoms with van der Waals surface area (Å²) in [5.74, 6) is 0.626. The number of anilines is 1. The second kappa shape index (κ2) is 8.59. The van der Waals surface area contributed by atoms with Gasteiger partial charge < -0.3 is 10.1 Å². The predicted octanol–water partition coefficient (Wildman–Crippen LogP) is 4.46. The normalized spacial score (nSPS) is 18.5. The third kappa shape index (κ3) is 4.18. The van der Waals surface area contributed by atoms with Crippen molar-refractivity contribution in [2.75, 3.05) is 25.5 Å². The largest absolute Gasteiger partial charge is 0.496 e. The molecule has 2 aromatic rings. The van der Waals surface area contributed by atoms with Crippen LogP contribution < -0.4 is 10.1 Å². The molecule has 0 spiro atoms. The Morgan fingerprint density at radius 3 is 2.93 bits per heavy atom. The standard InChI is InChI=1S/C22H24N2O2.ClH/c1-26-21-7-3-2-5-17(21)9-11-22(25)23-18-10-8-16-12-14-24-13-4-6-20(24)19(16)15-18;/h2-3,5,7-11,15,20H,4,6,12-14H2,1H3,(H,23,25);1H. The quantitative estimate of drug-likeness (QED) is 0.791. The van der Waals surface area contributed by atoms with E-state index in [1.807, 2.05) is 30.3 Å². The molecular formula is C22H25ClN2O2. The monoisotopic (exact) mass is 384 g/mol. The van der Waals surface area contributed by atoms with E-state index in [-0.39, 0.29) is 18.3 Å². The Bertz CT molecular complexity index is 850. The van der Waals surface area contributed by atoms with Crippen molar-refractivity contribution in [3.8, 4) is 5.75 Å². The van der Waals surface area contributed by atoms with Gasteiger partial charge in [0.1, 0.15) is 5.75 Å². The van der Waals surface area contributed by atoms with Crippen LogP contribution in [0, 0.1) is 0 Å². The van der Waals surface area contributed by atoms with Crippen molar-refractivity contribution in [1.82, 2.24) is 4.90 Å². The SMILES string of the molecule is COc1ccccc1C=CC(=O)Nc1ccc2c(c1)C1CCCN1CC2.Cl. The van der Waals surface area contributed by atoms with Gasteiger partial charge in [0.25, 0.3) is 0 Å². The summed E-state index contributed by atoms with van der Waals surface area (Å²) in [4.78, 5) is 14.9. The van der Waals surface area contributed by atoms with Crippen LogP contribution in [-0.2, 0) is 11.2 Å². The van der Waals surface area contributed by atoms with Crippen LogP contribution in [0.2, 0.25) is 0 Å². The molecule has 1 N–H and O–H groups in total. The minimum Gasteiger partial charge on any atom is -0.496 e. The zero-order valence-electron chi connectivity index (χ0n) is 15.5. The van der Waals surface area contributed by atoms with E-state index in [0.717, 1.165) is 30.0 Å². The lowest BCUT2D eigenvalue weighted by Crippen LogP contribution is -2.30. The summed E-state index contributed by atoms with van der Waals surface area (Å²) in [6, 6.07) is 14.5. The van der Waals surface area contributed by atoms with Gasteiger partial charge in [-0.2, -0.15) is 0 Å². The maximum absolute atomic E-state index is 12.3. The summed E-state index contributed by atoms with van der Waals surface area (Å²) in [5, 5.41) is 2.99. The molecule has 1 saturated heterocycles. The lowest BCUT2D eigenvalue weighted by atomic mass is 9.92. The molecule has 4 rings (SSSR count). The molecule has 1 atom stereocenters. The number of methoxy groups -OCH3 is 1. The first-order chi connectivity index (χ1) is 12.7. The summed E-state index contributed by atoms with van der Waals surface area (Å²) >= 11 is 0. The van der Waals surface area contributed by atoms with Gasteiger partial charge in [-0.3, -0.25) is 9.69 Å². The fourth-order valence-corrected chi connectivity index (χ4v) is 4.07. The van der Waals surface area contributed by atoms with Gasteiger partial charge >= 0.3 is 0 Å². The number of benzene rings is 2. The van der Waals surface area contributed by atoms with Crippen molar-refractivity contribution in [2.24, 2.45) is 0 Å². The van der Waals surface area contributed by atoms with Crippen molar-refractivity contribution in [2.45, 2.75) is 25.3 Å². The lowest BCUT2D eigenvalue weighted by molar-refractivity contribution is -0.111. The molecule has 142 valence electrons. The van der Waals surface area contributed by atoms with Crippen molar-refractivity contribution < 1.29 is 9.53 Å². The zero-order chi connectivity index (χ0) is 17.9. The van der Waals surface area contributed by atoms with Gasteiger partial charge in [-0.1, -0.05) is 24.3 Å². The van der Waals surface area contributed by atoms with Crippen LogP contribution >= 0.6 is 12.4 Å². The van der Waals surface area contributed by atoms with E-state index in [9.17, 15) is 4.79 Å². The average molecular weight is 385 g/mol. The summed E-state index contributed by atoms with van der Waals surface area (Å²) in [6.07, 6.45) is 6.93. The molecule has 2 aliphatic rings. The lowest BCUT2D eigenvalue weighted by Gasteiger charge is -2.32. The minimum atomic E-state index is -0.130. The molecule has 27 heavy (non-hydrogen) atoms. The number of ether oxygens (including phenoxy) is 1. The number of para-hydroxylation sites is 1. The highest BCUT2D eigenvalue weighted by molar-refractivity contribution is 6.02. The van der Waals surface area contributed by atoms with E-state index in [4.69, 9.17) is 4.74 Å². The maximum atomic E-state index is 12.3. The molecule has 1 amide bonds. The van der Waals surface area contributed by atoms with Gasteiger partial charge in [0.2, 0.25) is 5.91 Å². The van der Waals surface area contributed by atoms with E-state index >= 15 is 0 Å². The zero-order valence-corrected chi connectivity index (χ0v) is 16.3. The predicted molar refractivity (Wildman–Crippen MR) is 112 cm³/mol. The molecule has 1 fully saturated rings. The van der Waals surface area contributed by atoms with Crippen LogP contribution in [0.5, 0.6) is 5.75 Å². The fraction of sp³-hybridized carbons (Fsp3) is 0.318. The van der Waals surface area contributed by atoms with E-state index in [2.05, 4.69) is 22.3 Å². The first-order valence-corrected chi connectivity index (χ1v) is 9.23. The fourth-order valence-electron chi connectivity index (χ4n) is 4.07. The molecule has 2 aromatic carbocycles. The number of halogens is 1. The van der Waals surface area contributed by atoms with E-state index < -0.39 is 0 Å². The van der Waals surface area contributed by atoms with Crippen LogP contribution in [0.1, 0.15) is 35.6 Å². The number of nitrogens with one attached hydrogen (secondary N) is 1. The number of fused-ring (bicyclic) bond motifs is 3. The Morgan fingerprint density at radius 1 is 1.22 bits per heavy atom. The van der Waals surface area contributed by atoms with Gasteiger partial charge in [-0.25, -0.2) is 0 Å². The van der Waals surface area contributed by atoms with E-state index in [0.29, 0.717) is 6.04 Å². The number of rotatable bonds is 4. The Morgan fingerprint density at radius 2 is 2.07 bits per heavy atom. The highest BCUT2D eigenvalue weighted by Gasteiger charge is 2.31. The molecule has 4 nitrogen and oxygen atoms in total. The molecule has 0 aliphatic carbocycles. The van der Waals surface area contributed by atoms with Gasteiger partial charge in [-0.05, 0) is 61.2 Å². The molecule has 5 heteroatoms. The number of carbonyl (C=O) groups excluding carboxylic acids is 1.